The normalized spacial score (nSPS) is 33.2. The average molecular weight is 288 g/mol. The van der Waals surface area contributed by atoms with Crippen molar-refractivity contribution in [3.05, 3.63) is 20.8 Å². The van der Waals surface area contributed by atoms with Crippen molar-refractivity contribution in [3.63, 3.8) is 0 Å². The maximum atomic E-state index is 5.88. The first-order chi connectivity index (χ1) is 7.21. The Morgan fingerprint density at radius 3 is 2.53 bits per heavy atom. The molecule has 1 aliphatic carbocycles. The molecular formula is C11H14BrNOS. The smallest absolute Gasteiger partial charge is 0.0701 e. The number of hydrogen-bond donors (Lipinski definition) is 1. The molecule has 2 heterocycles. The highest BCUT2D eigenvalue weighted by molar-refractivity contribution is 9.11. The Kier molecular flexibility index (Phi) is 2.43. The first-order valence-electron chi connectivity index (χ1n) is 5.30. The highest BCUT2D eigenvalue weighted by atomic mass is 79.9. The van der Waals surface area contributed by atoms with Gasteiger partial charge in [-0.05, 0) is 46.8 Å². The third-order valence-electron chi connectivity index (χ3n) is 3.74. The summed E-state index contributed by atoms with van der Waals surface area (Å²) in [6, 6.07) is 4.80. The molecule has 2 aliphatic rings. The van der Waals surface area contributed by atoms with E-state index < -0.39 is 0 Å². The van der Waals surface area contributed by atoms with Gasteiger partial charge in [0, 0.05) is 10.9 Å². The molecule has 0 spiro atoms. The topological polar surface area (TPSA) is 35.2 Å². The van der Waals surface area contributed by atoms with Gasteiger partial charge in [-0.1, -0.05) is 0 Å². The van der Waals surface area contributed by atoms with Crippen LogP contribution in [0.4, 0.5) is 0 Å². The van der Waals surface area contributed by atoms with Gasteiger partial charge in [-0.15, -0.1) is 11.3 Å². The standard InChI is InChI=1S/C11H14BrNOS/c12-10-2-1-9(15-10)11(5-14-6-11)7-3-8(13)4-7/h1-2,7-8H,3-6,13H2. The van der Waals surface area contributed by atoms with Crippen LogP contribution in [0.2, 0.25) is 0 Å². The van der Waals surface area contributed by atoms with Gasteiger partial charge in [0.1, 0.15) is 0 Å². The SMILES string of the molecule is NC1CC(C2(c3ccc(Br)s3)COC2)C1. The fourth-order valence-electron chi connectivity index (χ4n) is 2.60. The molecule has 0 aromatic carbocycles. The summed E-state index contributed by atoms with van der Waals surface area (Å²) in [7, 11) is 0. The van der Waals surface area contributed by atoms with Crippen LogP contribution in [0.5, 0.6) is 0 Å². The monoisotopic (exact) mass is 287 g/mol. The molecular weight excluding hydrogens is 274 g/mol. The third-order valence-corrected chi connectivity index (χ3v) is 5.58. The number of halogens is 1. The summed E-state index contributed by atoms with van der Waals surface area (Å²) in [5, 5.41) is 0. The van der Waals surface area contributed by atoms with Crippen LogP contribution >= 0.6 is 27.3 Å². The zero-order chi connectivity index (χ0) is 10.5. The molecule has 1 saturated carbocycles. The van der Waals surface area contributed by atoms with Crippen LogP contribution in [0, 0.1) is 5.92 Å². The van der Waals surface area contributed by atoms with Crippen molar-refractivity contribution in [1.82, 2.24) is 0 Å². The van der Waals surface area contributed by atoms with E-state index in [2.05, 4.69) is 28.1 Å². The molecule has 2 N–H and O–H groups in total. The predicted molar refractivity (Wildman–Crippen MR) is 65.2 cm³/mol. The van der Waals surface area contributed by atoms with Gasteiger partial charge in [-0.2, -0.15) is 0 Å². The molecule has 1 saturated heterocycles. The molecule has 2 nitrogen and oxygen atoms in total. The van der Waals surface area contributed by atoms with Crippen molar-refractivity contribution in [2.24, 2.45) is 11.7 Å². The Bertz CT molecular complexity index is 368. The van der Waals surface area contributed by atoms with Crippen molar-refractivity contribution in [2.45, 2.75) is 24.3 Å². The zero-order valence-electron chi connectivity index (χ0n) is 8.41. The van der Waals surface area contributed by atoms with Gasteiger partial charge in [0.15, 0.2) is 0 Å². The highest BCUT2D eigenvalue weighted by Crippen LogP contribution is 2.50. The van der Waals surface area contributed by atoms with E-state index in [0.29, 0.717) is 11.5 Å². The van der Waals surface area contributed by atoms with Gasteiger partial charge in [-0.3, -0.25) is 0 Å². The largest absolute Gasteiger partial charge is 0.379 e. The lowest BCUT2D eigenvalue weighted by molar-refractivity contribution is -0.109. The van der Waals surface area contributed by atoms with E-state index in [4.69, 9.17) is 10.5 Å². The zero-order valence-corrected chi connectivity index (χ0v) is 10.8. The van der Waals surface area contributed by atoms with Crippen molar-refractivity contribution < 1.29 is 4.74 Å². The van der Waals surface area contributed by atoms with E-state index in [9.17, 15) is 0 Å². The maximum Gasteiger partial charge on any atom is 0.0701 e. The lowest BCUT2D eigenvalue weighted by atomic mass is 9.61. The molecule has 4 heteroatoms. The van der Waals surface area contributed by atoms with Crippen LogP contribution < -0.4 is 5.73 Å². The Morgan fingerprint density at radius 2 is 2.13 bits per heavy atom. The van der Waals surface area contributed by atoms with Gasteiger partial charge in [0.25, 0.3) is 0 Å². The summed E-state index contributed by atoms with van der Waals surface area (Å²) in [6.45, 7) is 1.77. The first kappa shape index (κ1) is 10.3. The summed E-state index contributed by atoms with van der Waals surface area (Å²) in [6.07, 6.45) is 2.33. The van der Waals surface area contributed by atoms with Crippen LogP contribution in [0.1, 0.15) is 17.7 Å². The fraction of sp³-hybridized carbons (Fsp3) is 0.636. The second kappa shape index (κ2) is 3.55. The van der Waals surface area contributed by atoms with Crippen molar-refractivity contribution in [3.8, 4) is 0 Å². The number of rotatable bonds is 2. The molecule has 1 aliphatic heterocycles. The van der Waals surface area contributed by atoms with E-state index >= 15 is 0 Å². The molecule has 0 amide bonds. The van der Waals surface area contributed by atoms with Crippen LogP contribution in [0.25, 0.3) is 0 Å². The Morgan fingerprint density at radius 1 is 1.40 bits per heavy atom. The van der Waals surface area contributed by atoms with Gasteiger partial charge in [0.2, 0.25) is 0 Å². The van der Waals surface area contributed by atoms with Crippen LogP contribution in [0.15, 0.2) is 15.9 Å². The van der Waals surface area contributed by atoms with Gasteiger partial charge in [-0.25, -0.2) is 0 Å². The van der Waals surface area contributed by atoms with E-state index in [0.717, 1.165) is 19.1 Å². The van der Waals surface area contributed by atoms with Crippen LogP contribution in [0.3, 0.4) is 0 Å². The minimum atomic E-state index is 0.298. The Balaban J connectivity index is 1.86. The molecule has 0 radical (unpaired) electrons. The third kappa shape index (κ3) is 1.50. The number of thiophene rings is 1. The lowest BCUT2D eigenvalue weighted by Gasteiger charge is -2.52. The predicted octanol–water partition coefficient (Wildman–Crippen LogP) is 2.52. The Hall–Kier alpha value is 0.1000. The molecule has 15 heavy (non-hydrogen) atoms. The maximum absolute atomic E-state index is 5.88. The number of hydrogen-bond acceptors (Lipinski definition) is 3. The van der Waals surface area contributed by atoms with E-state index in [1.54, 1.807) is 0 Å². The summed E-state index contributed by atoms with van der Waals surface area (Å²) in [4.78, 5) is 1.47. The molecule has 2 fully saturated rings. The van der Waals surface area contributed by atoms with E-state index in [1.807, 2.05) is 11.3 Å². The van der Waals surface area contributed by atoms with Gasteiger partial charge < -0.3 is 10.5 Å². The fourth-order valence-corrected chi connectivity index (χ4v) is 4.22. The minimum absolute atomic E-state index is 0.298. The van der Waals surface area contributed by atoms with Gasteiger partial charge in [0.05, 0.1) is 22.4 Å². The summed E-state index contributed by atoms with van der Waals surface area (Å²) >= 11 is 5.38. The first-order valence-corrected chi connectivity index (χ1v) is 6.91. The van der Waals surface area contributed by atoms with E-state index in [1.165, 1.54) is 21.5 Å². The van der Waals surface area contributed by atoms with Crippen molar-refractivity contribution in [1.29, 1.82) is 0 Å². The second-order valence-electron chi connectivity index (χ2n) is 4.68. The summed E-state index contributed by atoms with van der Waals surface area (Å²) in [5.41, 5.74) is 6.18. The molecule has 1 aromatic heterocycles. The lowest BCUT2D eigenvalue weighted by Crippen LogP contribution is -2.58. The van der Waals surface area contributed by atoms with Gasteiger partial charge >= 0.3 is 0 Å². The molecule has 1 aromatic rings. The minimum Gasteiger partial charge on any atom is -0.379 e. The highest BCUT2D eigenvalue weighted by Gasteiger charge is 2.51. The molecule has 0 bridgehead atoms. The Labute approximate surface area is 102 Å². The molecule has 0 unspecified atom stereocenters. The quantitative estimate of drug-likeness (QED) is 0.907. The van der Waals surface area contributed by atoms with Crippen LogP contribution in [-0.4, -0.2) is 19.3 Å². The molecule has 3 rings (SSSR count). The number of ether oxygens (including phenoxy) is 1. The molecule has 82 valence electrons. The van der Waals surface area contributed by atoms with E-state index in [-0.39, 0.29) is 0 Å². The summed E-state index contributed by atoms with van der Waals surface area (Å²) in [5.74, 6) is 0.742. The van der Waals surface area contributed by atoms with Crippen molar-refractivity contribution >= 4 is 27.3 Å². The average Bonchev–Trinajstić information content (AvgIpc) is 2.47. The van der Waals surface area contributed by atoms with Crippen molar-refractivity contribution in [2.75, 3.05) is 13.2 Å². The number of nitrogens with two attached hydrogens (primary N) is 1. The summed E-state index contributed by atoms with van der Waals surface area (Å²) < 4.78 is 6.66. The van der Waals surface area contributed by atoms with Crippen LogP contribution in [-0.2, 0) is 10.2 Å². The molecule has 0 atom stereocenters. The second-order valence-corrected chi connectivity index (χ2v) is 7.14.